The lowest BCUT2D eigenvalue weighted by Gasteiger charge is -2.10. The number of rotatable bonds is 5. The van der Waals surface area contributed by atoms with Crippen LogP contribution in [-0.2, 0) is 7.05 Å². The van der Waals surface area contributed by atoms with Crippen LogP contribution in [0, 0.1) is 26.6 Å². The average molecular weight is 358 g/mol. The highest BCUT2D eigenvalue weighted by Gasteiger charge is 2.18. The Bertz CT molecular complexity index is 945. The van der Waals surface area contributed by atoms with Gasteiger partial charge in [0.15, 0.2) is 10.9 Å². The van der Waals surface area contributed by atoms with E-state index in [2.05, 4.69) is 10.2 Å². The number of aryl methyl sites for hydroxylation is 2. The van der Waals surface area contributed by atoms with E-state index in [1.54, 1.807) is 6.07 Å². The molecule has 0 amide bonds. The predicted octanol–water partition coefficient (Wildman–Crippen LogP) is 3.65. The zero-order valence-electron chi connectivity index (χ0n) is 14.6. The molecular weight excluding hydrogens is 339 g/mol. The number of carbonyl (C=O) groups is 1. The SMILES string of the molecule is Cc1nnc(SCC(=O)c2cc(C)n(-c3cccc(F)c3)c2C)n1C. The molecule has 25 heavy (non-hydrogen) atoms. The smallest absolute Gasteiger partial charge is 0.191 e. The summed E-state index contributed by atoms with van der Waals surface area (Å²) < 4.78 is 17.3. The molecule has 3 rings (SSSR count). The number of aromatic nitrogens is 4. The van der Waals surface area contributed by atoms with Crippen LogP contribution in [0.25, 0.3) is 5.69 Å². The van der Waals surface area contributed by atoms with Crippen LogP contribution in [0.2, 0.25) is 0 Å². The lowest BCUT2D eigenvalue weighted by Crippen LogP contribution is -2.06. The predicted molar refractivity (Wildman–Crippen MR) is 96.0 cm³/mol. The third-order valence-electron chi connectivity index (χ3n) is 4.18. The van der Waals surface area contributed by atoms with Crippen molar-refractivity contribution in [1.82, 2.24) is 19.3 Å². The van der Waals surface area contributed by atoms with E-state index in [1.165, 1.54) is 23.9 Å². The van der Waals surface area contributed by atoms with Crippen molar-refractivity contribution in [3.8, 4) is 5.69 Å². The van der Waals surface area contributed by atoms with Gasteiger partial charge in [-0.3, -0.25) is 4.79 Å². The number of Topliss-reactive ketones (excluding diaryl/α,β-unsaturated/α-hetero) is 1. The van der Waals surface area contributed by atoms with Crippen molar-refractivity contribution >= 4 is 17.5 Å². The Morgan fingerprint density at radius 2 is 1.96 bits per heavy atom. The fraction of sp³-hybridized carbons (Fsp3) is 0.278. The van der Waals surface area contributed by atoms with Gasteiger partial charge in [0, 0.05) is 29.7 Å². The molecular formula is C18H19FN4OS. The van der Waals surface area contributed by atoms with Crippen molar-refractivity contribution in [2.75, 3.05) is 5.75 Å². The summed E-state index contributed by atoms with van der Waals surface area (Å²) in [7, 11) is 1.87. The Hall–Kier alpha value is -2.41. The molecule has 5 nitrogen and oxygen atoms in total. The number of nitrogens with zero attached hydrogens (tertiary/aromatic N) is 4. The molecule has 0 N–H and O–H groups in total. The van der Waals surface area contributed by atoms with Crippen molar-refractivity contribution in [2.24, 2.45) is 7.05 Å². The molecule has 0 atom stereocenters. The first-order valence-electron chi connectivity index (χ1n) is 7.85. The highest BCUT2D eigenvalue weighted by atomic mass is 32.2. The molecule has 2 aromatic heterocycles. The Morgan fingerprint density at radius 1 is 1.20 bits per heavy atom. The van der Waals surface area contributed by atoms with Crippen LogP contribution in [0.3, 0.4) is 0 Å². The van der Waals surface area contributed by atoms with Crippen LogP contribution in [0.15, 0.2) is 35.5 Å². The van der Waals surface area contributed by atoms with E-state index < -0.39 is 0 Å². The molecule has 130 valence electrons. The van der Waals surface area contributed by atoms with Crippen LogP contribution >= 0.6 is 11.8 Å². The van der Waals surface area contributed by atoms with E-state index >= 15 is 0 Å². The van der Waals surface area contributed by atoms with E-state index in [4.69, 9.17) is 0 Å². The van der Waals surface area contributed by atoms with Crippen LogP contribution < -0.4 is 0 Å². The Kier molecular flexibility index (Phi) is 4.76. The standard InChI is InChI=1S/C18H19FN4OS/c1-11-8-16(12(2)23(11)15-7-5-6-14(19)9-15)17(24)10-25-18-21-20-13(3)22(18)4/h5-9H,10H2,1-4H3. The highest BCUT2D eigenvalue weighted by molar-refractivity contribution is 7.99. The molecule has 0 spiro atoms. The summed E-state index contributed by atoms with van der Waals surface area (Å²) in [5.74, 6) is 0.797. The molecule has 3 aromatic rings. The minimum atomic E-state index is -0.300. The third-order valence-corrected chi connectivity index (χ3v) is 5.20. The van der Waals surface area contributed by atoms with Crippen LogP contribution in [0.4, 0.5) is 4.39 Å². The molecule has 0 aliphatic heterocycles. The second-order valence-corrected chi connectivity index (χ2v) is 6.84. The fourth-order valence-electron chi connectivity index (χ4n) is 2.78. The molecule has 0 aliphatic carbocycles. The van der Waals surface area contributed by atoms with E-state index in [0.29, 0.717) is 16.4 Å². The number of thioether (sulfide) groups is 1. The van der Waals surface area contributed by atoms with Crippen molar-refractivity contribution in [2.45, 2.75) is 25.9 Å². The largest absolute Gasteiger partial charge is 0.318 e. The molecule has 0 unspecified atom stereocenters. The maximum absolute atomic E-state index is 13.5. The van der Waals surface area contributed by atoms with Gasteiger partial charge in [-0.25, -0.2) is 4.39 Å². The second-order valence-electron chi connectivity index (χ2n) is 5.90. The molecule has 2 heterocycles. The van der Waals surface area contributed by atoms with E-state index in [9.17, 15) is 9.18 Å². The summed E-state index contributed by atoms with van der Waals surface area (Å²) in [4.78, 5) is 12.7. The summed E-state index contributed by atoms with van der Waals surface area (Å²) >= 11 is 1.36. The van der Waals surface area contributed by atoms with Gasteiger partial charge in [0.25, 0.3) is 0 Å². The Balaban J connectivity index is 1.84. The van der Waals surface area contributed by atoms with Crippen molar-refractivity contribution in [3.63, 3.8) is 0 Å². The molecule has 0 aliphatic rings. The molecule has 7 heteroatoms. The summed E-state index contributed by atoms with van der Waals surface area (Å²) in [5, 5.41) is 8.76. The minimum absolute atomic E-state index is 0.0152. The van der Waals surface area contributed by atoms with Gasteiger partial charge in [-0.05, 0) is 45.0 Å². The Labute approximate surface area is 149 Å². The van der Waals surface area contributed by atoms with Gasteiger partial charge in [-0.1, -0.05) is 17.8 Å². The monoisotopic (exact) mass is 358 g/mol. The number of carbonyl (C=O) groups excluding carboxylic acids is 1. The average Bonchev–Trinajstić information content (AvgIpc) is 3.05. The number of halogens is 1. The molecule has 0 bridgehead atoms. The quantitative estimate of drug-likeness (QED) is 0.516. The molecule has 0 radical (unpaired) electrons. The lowest BCUT2D eigenvalue weighted by molar-refractivity contribution is 0.102. The van der Waals surface area contributed by atoms with Gasteiger partial charge in [0.2, 0.25) is 0 Å². The van der Waals surface area contributed by atoms with Gasteiger partial charge in [0.05, 0.1) is 5.75 Å². The molecule has 1 aromatic carbocycles. The normalized spacial score (nSPS) is 11.1. The van der Waals surface area contributed by atoms with Crippen molar-refractivity contribution in [1.29, 1.82) is 0 Å². The van der Waals surface area contributed by atoms with Gasteiger partial charge in [0.1, 0.15) is 11.6 Å². The molecule has 0 saturated carbocycles. The van der Waals surface area contributed by atoms with Crippen molar-refractivity contribution < 1.29 is 9.18 Å². The van der Waals surface area contributed by atoms with E-state index in [1.807, 2.05) is 49.1 Å². The van der Waals surface area contributed by atoms with Gasteiger partial charge in [-0.2, -0.15) is 0 Å². The lowest BCUT2D eigenvalue weighted by atomic mass is 10.2. The molecule has 0 fully saturated rings. The highest BCUT2D eigenvalue weighted by Crippen LogP contribution is 2.24. The number of benzene rings is 1. The minimum Gasteiger partial charge on any atom is -0.318 e. The summed E-state index contributed by atoms with van der Waals surface area (Å²) in [5.41, 5.74) is 3.06. The van der Waals surface area contributed by atoms with Gasteiger partial charge >= 0.3 is 0 Å². The zero-order valence-corrected chi connectivity index (χ0v) is 15.4. The number of hydrogen-bond donors (Lipinski definition) is 0. The van der Waals surface area contributed by atoms with E-state index in [-0.39, 0.29) is 17.4 Å². The maximum atomic E-state index is 13.5. The van der Waals surface area contributed by atoms with Gasteiger partial charge in [-0.15, -0.1) is 10.2 Å². The first kappa shape index (κ1) is 17.4. The summed E-state index contributed by atoms with van der Waals surface area (Å²) in [6.07, 6.45) is 0. The second kappa shape index (κ2) is 6.84. The topological polar surface area (TPSA) is 52.7 Å². The first-order chi connectivity index (χ1) is 11.9. The van der Waals surface area contributed by atoms with Crippen LogP contribution in [0.5, 0.6) is 0 Å². The van der Waals surface area contributed by atoms with Crippen LogP contribution in [0.1, 0.15) is 27.6 Å². The van der Waals surface area contributed by atoms with Gasteiger partial charge < -0.3 is 9.13 Å². The fourth-order valence-corrected chi connectivity index (χ4v) is 3.62. The Morgan fingerprint density at radius 3 is 2.60 bits per heavy atom. The number of ketones is 1. The number of hydrogen-bond acceptors (Lipinski definition) is 4. The van der Waals surface area contributed by atoms with Crippen LogP contribution in [-0.4, -0.2) is 30.9 Å². The zero-order chi connectivity index (χ0) is 18.1. The van der Waals surface area contributed by atoms with E-state index in [0.717, 1.165) is 17.2 Å². The summed E-state index contributed by atoms with van der Waals surface area (Å²) in [6.45, 7) is 5.65. The third kappa shape index (κ3) is 3.37. The molecule has 0 saturated heterocycles. The first-order valence-corrected chi connectivity index (χ1v) is 8.84. The summed E-state index contributed by atoms with van der Waals surface area (Å²) in [6, 6.07) is 8.21. The van der Waals surface area contributed by atoms with Crippen molar-refractivity contribution in [3.05, 3.63) is 58.9 Å². The maximum Gasteiger partial charge on any atom is 0.191 e.